The van der Waals surface area contributed by atoms with Crippen molar-refractivity contribution in [3.63, 3.8) is 0 Å². The number of nitrogens with one attached hydrogen (secondary N) is 1. The van der Waals surface area contributed by atoms with Crippen LogP contribution in [0.25, 0.3) is 21.3 Å². The fraction of sp³-hybridized carbons (Fsp3) is 0.410. The lowest BCUT2D eigenvalue weighted by atomic mass is 9.57. The molecule has 9 heteroatoms. The van der Waals surface area contributed by atoms with Crippen LogP contribution in [0, 0.1) is 30.1 Å². The number of hydrogen-bond acceptors (Lipinski definition) is 7. The highest BCUT2D eigenvalue weighted by Crippen LogP contribution is 2.53. The number of anilines is 2. The molecule has 3 aliphatic rings. The second kappa shape index (κ2) is 12.3. The summed E-state index contributed by atoms with van der Waals surface area (Å²) in [7, 11) is 0. The molecule has 8 nitrogen and oxygen atoms in total. The molecule has 4 heterocycles. The Morgan fingerprint density at radius 1 is 1.00 bits per heavy atom. The van der Waals surface area contributed by atoms with Crippen molar-refractivity contribution in [1.82, 2.24) is 19.7 Å². The van der Waals surface area contributed by atoms with E-state index in [1.54, 1.807) is 0 Å². The predicted molar refractivity (Wildman–Crippen MR) is 192 cm³/mol. The number of rotatable bonds is 7. The minimum absolute atomic E-state index is 0.169. The molecule has 1 N–H and O–H groups in total. The zero-order valence-corrected chi connectivity index (χ0v) is 28.7. The standard InChI is InChI=1S/C39H42N6O2S/c1-24-15-27-16-25(2)18-39(17-24,19-27)23-45-26(3)31(20-40-45)29-11-12-36(41-34(29)22-46)44-14-13-28-7-6-8-30(32(28)21-44)37(47)43-38-42-33-9-4-5-10-35(33)48-38/h4-12,20,22,24-25,27H,13-19,21,23H2,1-3H3,(H,42,43,47). The molecule has 1 aliphatic heterocycles. The first-order chi connectivity index (χ1) is 23.3. The van der Waals surface area contributed by atoms with Gasteiger partial charge in [-0.3, -0.25) is 19.6 Å². The minimum atomic E-state index is -0.169. The number of aldehydes is 1. The third-order valence-corrected chi connectivity index (χ3v) is 12.0. The van der Waals surface area contributed by atoms with E-state index in [0.29, 0.717) is 28.3 Å². The largest absolute Gasteiger partial charge is 0.352 e. The molecule has 48 heavy (non-hydrogen) atoms. The van der Waals surface area contributed by atoms with Crippen LogP contribution in [0.3, 0.4) is 0 Å². The van der Waals surface area contributed by atoms with Crippen LogP contribution in [0.1, 0.15) is 83.6 Å². The lowest BCUT2D eigenvalue weighted by Gasteiger charge is -2.50. The van der Waals surface area contributed by atoms with Crippen LogP contribution in [0.15, 0.2) is 60.8 Å². The van der Waals surface area contributed by atoms with Crippen molar-refractivity contribution < 1.29 is 9.59 Å². The molecule has 5 aromatic rings. The molecule has 8 rings (SSSR count). The van der Waals surface area contributed by atoms with Crippen molar-refractivity contribution in [3.05, 3.63) is 88.9 Å². The quantitative estimate of drug-likeness (QED) is 0.177. The summed E-state index contributed by atoms with van der Waals surface area (Å²) >= 11 is 1.47. The minimum Gasteiger partial charge on any atom is -0.352 e. The lowest BCUT2D eigenvalue weighted by Crippen LogP contribution is -2.42. The number of benzene rings is 2. The molecule has 2 aromatic carbocycles. The fourth-order valence-electron chi connectivity index (χ4n) is 9.33. The molecule has 2 bridgehead atoms. The van der Waals surface area contributed by atoms with Crippen LogP contribution in [-0.2, 0) is 19.5 Å². The molecule has 3 aromatic heterocycles. The summed E-state index contributed by atoms with van der Waals surface area (Å²) in [6.07, 6.45) is 10.1. The third kappa shape index (κ3) is 5.72. The van der Waals surface area contributed by atoms with Crippen molar-refractivity contribution >= 4 is 44.7 Å². The molecule has 1 amide bonds. The average Bonchev–Trinajstić information content (AvgIpc) is 3.64. The van der Waals surface area contributed by atoms with Crippen molar-refractivity contribution in [2.45, 2.75) is 72.4 Å². The summed E-state index contributed by atoms with van der Waals surface area (Å²) < 4.78 is 3.22. The van der Waals surface area contributed by atoms with Gasteiger partial charge in [-0.15, -0.1) is 0 Å². The number of aromatic nitrogens is 4. The zero-order chi connectivity index (χ0) is 33.0. The van der Waals surface area contributed by atoms with Gasteiger partial charge < -0.3 is 4.90 Å². The molecular formula is C39H42N6O2S. The van der Waals surface area contributed by atoms with E-state index in [2.05, 4.69) is 46.7 Å². The molecule has 0 radical (unpaired) electrons. The van der Waals surface area contributed by atoms with Gasteiger partial charge in [0.05, 0.1) is 16.4 Å². The Kier molecular flexibility index (Phi) is 7.90. The van der Waals surface area contributed by atoms with E-state index in [1.807, 2.05) is 54.7 Å². The number of carbonyl (C=O) groups is 2. The van der Waals surface area contributed by atoms with Gasteiger partial charge in [-0.1, -0.05) is 49.4 Å². The van der Waals surface area contributed by atoms with Crippen molar-refractivity contribution in [2.75, 3.05) is 16.8 Å². The molecular weight excluding hydrogens is 617 g/mol. The lowest BCUT2D eigenvalue weighted by molar-refractivity contribution is 0.00177. The number of nitrogens with zero attached hydrogens (tertiary/aromatic N) is 5. The van der Waals surface area contributed by atoms with Gasteiger partial charge in [0.1, 0.15) is 11.5 Å². The number of hydrogen-bond donors (Lipinski definition) is 1. The SMILES string of the molecule is Cc1c(-c2ccc(N3CCc4cccc(C(=O)Nc5nc6ccccc6s5)c4C3)nc2C=O)cnn1CC12CC(C)CC(CC(C)C1)C2. The summed E-state index contributed by atoms with van der Waals surface area (Å²) in [5.74, 6) is 2.91. The molecule has 2 aliphatic carbocycles. The number of pyridine rings is 1. The predicted octanol–water partition coefficient (Wildman–Crippen LogP) is 8.34. The summed E-state index contributed by atoms with van der Waals surface area (Å²) in [6.45, 7) is 9.18. The first kappa shape index (κ1) is 30.9. The first-order valence-electron chi connectivity index (χ1n) is 17.3. The smallest absolute Gasteiger partial charge is 0.257 e. The average molecular weight is 659 g/mol. The number of para-hydroxylation sites is 1. The second-order valence-corrected chi connectivity index (χ2v) is 15.8. The summed E-state index contributed by atoms with van der Waals surface area (Å²) in [6, 6.07) is 17.8. The summed E-state index contributed by atoms with van der Waals surface area (Å²) in [5.41, 5.74) is 7.24. The topological polar surface area (TPSA) is 93.0 Å². The Morgan fingerprint density at radius 2 is 1.81 bits per heavy atom. The zero-order valence-electron chi connectivity index (χ0n) is 27.9. The molecule has 0 saturated heterocycles. The van der Waals surface area contributed by atoms with Gasteiger partial charge in [-0.25, -0.2) is 9.97 Å². The molecule has 0 spiro atoms. The molecule has 2 saturated carbocycles. The van der Waals surface area contributed by atoms with Crippen LogP contribution in [-0.4, -0.2) is 38.5 Å². The van der Waals surface area contributed by atoms with Gasteiger partial charge in [-0.05, 0) is 110 Å². The fourth-order valence-corrected chi connectivity index (χ4v) is 10.2. The first-order valence-corrected chi connectivity index (χ1v) is 18.1. The Labute approximate surface area is 285 Å². The van der Waals surface area contributed by atoms with Crippen LogP contribution >= 0.6 is 11.3 Å². The van der Waals surface area contributed by atoms with Crippen molar-refractivity contribution in [1.29, 1.82) is 0 Å². The van der Waals surface area contributed by atoms with E-state index in [4.69, 9.17) is 10.1 Å². The van der Waals surface area contributed by atoms with Crippen LogP contribution in [0.2, 0.25) is 0 Å². The van der Waals surface area contributed by atoms with Crippen molar-refractivity contribution in [3.8, 4) is 11.1 Å². The van der Waals surface area contributed by atoms with E-state index < -0.39 is 0 Å². The summed E-state index contributed by atoms with van der Waals surface area (Å²) in [5, 5.41) is 8.49. The molecule has 2 atom stereocenters. The van der Waals surface area contributed by atoms with Crippen molar-refractivity contribution in [2.24, 2.45) is 23.2 Å². The Morgan fingerprint density at radius 3 is 2.60 bits per heavy atom. The highest BCUT2D eigenvalue weighted by Gasteiger charge is 2.44. The molecule has 2 fully saturated rings. The number of thiazole rings is 1. The molecule has 246 valence electrons. The van der Waals surface area contributed by atoms with Gasteiger partial charge in [0.2, 0.25) is 0 Å². The van der Waals surface area contributed by atoms with E-state index >= 15 is 0 Å². The Hall–Kier alpha value is -4.37. The third-order valence-electron chi connectivity index (χ3n) is 11.0. The second-order valence-electron chi connectivity index (χ2n) is 14.7. The monoisotopic (exact) mass is 658 g/mol. The van der Waals surface area contributed by atoms with Crippen LogP contribution in [0.4, 0.5) is 10.9 Å². The molecule has 2 unspecified atom stereocenters. The highest BCUT2D eigenvalue weighted by molar-refractivity contribution is 7.22. The van der Waals surface area contributed by atoms with E-state index in [0.717, 1.165) is 87.5 Å². The maximum absolute atomic E-state index is 13.5. The number of fused-ring (bicyclic) bond motifs is 4. The normalized spacial score (nSPS) is 23.6. The number of carbonyl (C=O) groups excluding carboxylic acids is 2. The van der Waals surface area contributed by atoms with E-state index in [9.17, 15) is 9.59 Å². The van der Waals surface area contributed by atoms with E-state index in [-0.39, 0.29) is 5.91 Å². The Balaban J connectivity index is 1.03. The van der Waals surface area contributed by atoms with Gasteiger partial charge in [-0.2, -0.15) is 5.10 Å². The maximum Gasteiger partial charge on any atom is 0.257 e. The van der Waals surface area contributed by atoms with E-state index in [1.165, 1.54) is 43.4 Å². The van der Waals surface area contributed by atoms with Gasteiger partial charge >= 0.3 is 0 Å². The van der Waals surface area contributed by atoms with Gasteiger partial charge in [0, 0.05) is 42.0 Å². The van der Waals surface area contributed by atoms with Crippen LogP contribution < -0.4 is 10.2 Å². The maximum atomic E-state index is 13.5. The highest BCUT2D eigenvalue weighted by atomic mass is 32.1. The van der Waals surface area contributed by atoms with Crippen LogP contribution in [0.5, 0.6) is 0 Å². The number of amides is 1. The van der Waals surface area contributed by atoms with Gasteiger partial charge in [0.25, 0.3) is 5.91 Å². The Bertz CT molecular complexity index is 1980. The summed E-state index contributed by atoms with van der Waals surface area (Å²) in [4.78, 5) is 37.6. The van der Waals surface area contributed by atoms with Gasteiger partial charge in [0.15, 0.2) is 11.4 Å².